The van der Waals surface area contributed by atoms with Gasteiger partial charge in [-0.2, -0.15) is 0 Å². The third kappa shape index (κ3) is 2.91. The lowest BCUT2D eigenvalue weighted by molar-refractivity contribution is 0.0826. The largest absolute Gasteiger partial charge is 0.273 e. The van der Waals surface area contributed by atoms with Crippen LogP contribution in [0.1, 0.15) is 64.9 Å². The number of hydrogen-bond donors (Lipinski definition) is 0. The van der Waals surface area contributed by atoms with Crippen molar-refractivity contribution in [3.8, 4) is 5.00 Å². The molecule has 1 fully saturated rings. The Morgan fingerprint density at radius 1 is 1.13 bits per heavy atom. The third-order valence-electron chi connectivity index (χ3n) is 6.33. The van der Waals surface area contributed by atoms with Gasteiger partial charge in [0.05, 0.1) is 16.3 Å². The van der Waals surface area contributed by atoms with Crippen LogP contribution in [0.15, 0.2) is 23.2 Å². The molecule has 0 unspecified atom stereocenters. The molecule has 0 saturated heterocycles. The fourth-order valence-electron chi connectivity index (χ4n) is 4.65. The summed E-state index contributed by atoms with van der Waals surface area (Å²) in [7, 11) is 0. The first kappa shape index (κ1) is 19.5. The number of rotatable bonds is 3. The van der Waals surface area contributed by atoms with Gasteiger partial charge in [-0.25, -0.2) is 13.2 Å². The van der Waals surface area contributed by atoms with Crippen LogP contribution < -0.4 is 0 Å². The number of fused-ring (bicyclic) bond motifs is 5. The van der Waals surface area contributed by atoms with E-state index in [4.69, 9.17) is 16.6 Å². The molecule has 0 N–H and O–H groups in total. The molecular weight excluding hydrogens is 445 g/mol. The van der Waals surface area contributed by atoms with Crippen LogP contribution in [0, 0.1) is 11.7 Å². The number of alkyl halides is 2. The van der Waals surface area contributed by atoms with Gasteiger partial charge in [0.2, 0.25) is 6.43 Å². The lowest BCUT2D eigenvalue weighted by Gasteiger charge is -2.14. The molecule has 1 aliphatic heterocycles. The Balaban J connectivity index is 1.64. The van der Waals surface area contributed by atoms with Crippen molar-refractivity contribution in [2.45, 2.75) is 51.0 Å². The first-order valence-corrected chi connectivity index (χ1v) is 11.5. The number of halogens is 4. The summed E-state index contributed by atoms with van der Waals surface area (Å²) in [5.74, 6) is 0.701. The maximum absolute atomic E-state index is 15.0. The molecule has 3 aromatic rings. The van der Waals surface area contributed by atoms with Gasteiger partial charge < -0.3 is 0 Å². The Kier molecular flexibility index (Phi) is 4.34. The van der Waals surface area contributed by atoms with E-state index in [0.29, 0.717) is 29.4 Å². The zero-order valence-corrected chi connectivity index (χ0v) is 18.2. The van der Waals surface area contributed by atoms with E-state index in [2.05, 4.69) is 10.2 Å². The van der Waals surface area contributed by atoms with Crippen LogP contribution in [0.3, 0.4) is 0 Å². The molecule has 0 radical (unpaired) electrons. The van der Waals surface area contributed by atoms with E-state index in [0.717, 1.165) is 34.1 Å². The van der Waals surface area contributed by atoms with Crippen LogP contribution in [0.4, 0.5) is 13.2 Å². The summed E-state index contributed by atoms with van der Waals surface area (Å²) in [5.41, 5.74) is 2.18. The van der Waals surface area contributed by atoms with Crippen LogP contribution in [0.5, 0.6) is 0 Å². The molecule has 0 bridgehead atoms. The standard InChI is InChI=1S/C22H18ClF3N4S/c1-9-20-28-29-21(10-5-6-10)30(20)22-16(12-7-11(19(25)26)8-15(12)31-22)18(27-9)17-13(23)3-2-4-14(17)24/h2-4,9-11,19H,5-8H2,1H3/t9-,11+/m0/s1. The van der Waals surface area contributed by atoms with Gasteiger partial charge >= 0.3 is 0 Å². The molecule has 3 aliphatic rings. The van der Waals surface area contributed by atoms with E-state index < -0.39 is 18.2 Å². The molecule has 6 rings (SSSR count). The van der Waals surface area contributed by atoms with Crippen molar-refractivity contribution in [3.05, 3.63) is 62.3 Å². The molecule has 2 atom stereocenters. The lowest BCUT2D eigenvalue weighted by Crippen LogP contribution is -2.14. The highest BCUT2D eigenvalue weighted by Crippen LogP contribution is 2.48. The van der Waals surface area contributed by atoms with E-state index in [-0.39, 0.29) is 23.0 Å². The number of benzene rings is 1. The molecule has 9 heteroatoms. The summed E-state index contributed by atoms with van der Waals surface area (Å²) in [6.45, 7) is 1.89. The highest BCUT2D eigenvalue weighted by Gasteiger charge is 2.41. The number of aliphatic imine (C=N–C) groups is 1. The van der Waals surface area contributed by atoms with Crippen molar-refractivity contribution in [2.75, 3.05) is 0 Å². The summed E-state index contributed by atoms with van der Waals surface area (Å²) < 4.78 is 44.1. The molecule has 2 aliphatic carbocycles. The van der Waals surface area contributed by atoms with Gasteiger partial charge in [-0.3, -0.25) is 9.56 Å². The fraction of sp³-hybridized carbons (Fsp3) is 0.409. The smallest absolute Gasteiger partial charge is 0.242 e. The molecule has 2 aromatic heterocycles. The molecular formula is C22H18ClF3N4S. The minimum atomic E-state index is -2.40. The Morgan fingerprint density at radius 3 is 2.61 bits per heavy atom. The van der Waals surface area contributed by atoms with Gasteiger partial charge in [0.15, 0.2) is 5.82 Å². The minimum Gasteiger partial charge on any atom is -0.273 e. The summed E-state index contributed by atoms with van der Waals surface area (Å²) in [5, 5.41) is 9.96. The highest BCUT2D eigenvalue weighted by atomic mass is 35.5. The average molecular weight is 463 g/mol. The number of thiophene rings is 1. The summed E-state index contributed by atoms with van der Waals surface area (Å²) in [4.78, 5) is 5.76. The van der Waals surface area contributed by atoms with Crippen LogP contribution in [0.2, 0.25) is 5.02 Å². The monoisotopic (exact) mass is 462 g/mol. The molecule has 4 nitrogen and oxygen atoms in total. The predicted octanol–water partition coefficient (Wildman–Crippen LogP) is 5.89. The van der Waals surface area contributed by atoms with Crippen molar-refractivity contribution >= 4 is 28.6 Å². The van der Waals surface area contributed by atoms with Crippen molar-refractivity contribution < 1.29 is 13.2 Å². The fourth-order valence-corrected chi connectivity index (χ4v) is 6.35. The second-order valence-corrected chi connectivity index (χ2v) is 9.95. The van der Waals surface area contributed by atoms with E-state index in [9.17, 15) is 8.78 Å². The van der Waals surface area contributed by atoms with E-state index in [1.54, 1.807) is 12.1 Å². The van der Waals surface area contributed by atoms with Crippen molar-refractivity contribution in [2.24, 2.45) is 10.9 Å². The molecule has 31 heavy (non-hydrogen) atoms. The number of nitrogens with zero attached hydrogens (tertiary/aromatic N) is 4. The topological polar surface area (TPSA) is 43.1 Å². The molecule has 3 heterocycles. The van der Waals surface area contributed by atoms with Gasteiger partial charge in [-0.1, -0.05) is 17.7 Å². The third-order valence-corrected chi connectivity index (χ3v) is 7.89. The second kappa shape index (κ2) is 6.90. The Bertz CT molecular complexity index is 1220. The second-order valence-electron chi connectivity index (χ2n) is 8.46. The zero-order chi connectivity index (χ0) is 21.4. The van der Waals surface area contributed by atoms with Crippen molar-refractivity contribution in [1.29, 1.82) is 0 Å². The summed E-state index contributed by atoms with van der Waals surface area (Å²) in [6.07, 6.45) is 0.258. The van der Waals surface area contributed by atoms with Gasteiger partial charge in [0.1, 0.15) is 22.7 Å². The minimum absolute atomic E-state index is 0.213. The van der Waals surface area contributed by atoms with Crippen molar-refractivity contribution in [1.82, 2.24) is 14.8 Å². The Labute approximate surface area is 185 Å². The number of hydrogen-bond acceptors (Lipinski definition) is 4. The first-order valence-electron chi connectivity index (χ1n) is 10.3. The van der Waals surface area contributed by atoms with E-state index in [1.807, 2.05) is 11.5 Å². The lowest BCUT2D eigenvalue weighted by atomic mass is 9.97. The van der Waals surface area contributed by atoms with Crippen LogP contribution in [-0.4, -0.2) is 26.9 Å². The molecule has 160 valence electrons. The predicted molar refractivity (Wildman–Crippen MR) is 114 cm³/mol. The first-order chi connectivity index (χ1) is 14.9. The quantitative estimate of drug-likeness (QED) is 0.487. The SMILES string of the molecule is C[C@@H]1N=C(c2c(F)cccc2Cl)c2c(sc3c2C[C@@H](C(F)F)C3)-n2c(C3CC3)nnc21. The molecule has 1 saturated carbocycles. The van der Waals surface area contributed by atoms with Crippen LogP contribution in [-0.2, 0) is 12.8 Å². The zero-order valence-electron chi connectivity index (χ0n) is 16.6. The summed E-state index contributed by atoms with van der Waals surface area (Å²) >= 11 is 7.91. The van der Waals surface area contributed by atoms with Gasteiger partial charge in [-0.05, 0) is 50.3 Å². The van der Waals surface area contributed by atoms with Gasteiger partial charge in [0.25, 0.3) is 0 Å². The van der Waals surface area contributed by atoms with Crippen LogP contribution in [0.25, 0.3) is 5.00 Å². The van der Waals surface area contributed by atoms with Crippen molar-refractivity contribution in [3.63, 3.8) is 0 Å². The number of aromatic nitrogens is 3. The Morgan fingerprint density at radius 2 is 1.90 bits per heavy atom. The van der Waals surface area contributed by atoms with Crippen LogP contribution >= 0.6 is 22.9 Å². The Hall–Kier alpha value is -2.19. The molecule has 0 spiro atoms. The highest BCUT2D eigenvalue weighted by molar-refractivity contribution is 7.15. The van der Waals surface area contributed by atoms with E-state index >= 15 is 4.39 Å². The van der Waals surface area contributed by atoms with Gasteiger partial charge in [0, 0.05) is 22.3 Å². The molecule has 0 amide bonds. The summed E-state index contributed by atoms with van der Waals surface area (Å²) in [6, 6.07) is 4.15. The maximum Gasteiger partial charge on any atom is 0.242 e. The molecule has 1 aromatic carbocycles. The normalized spacial score (nSPS) is 22.2. The van der Waals surface area contributed by atoms with E-state index in [1.165, 1.54) is 17.4 Å². The average Bonchev–Trinajstić information content (AvgIpc) is 3.21. The maximum atomic E-state index is 15.0. The van der Waals surface area contributed by atoms with Gasteiger partial charge in [-0.15, -0.1) is 21.5 Å².